The summed E-state index contributed by atoms with van der Waals surface area (Å²) in [7, 11) is 0. The Morgan fingerprint density at radius 2 is 1.89 bits per heavy atom. The first-order chi connectivity index (χ1) is 8.81. The molecule has 0 amide bonds. The summed E-state index contributed by atoms with van der Waals surface area (Å²) in [5.74, 6) is 0.982. The van der Waals surface area contributed by atoms with Crippen molar-refractivity contribution in [1.82, 2.24) is 0 Å². The molecule has 0 atom stereocenters. The highest BCUT2D eigenvalue weighted by Gasteiger charge is 2.11. The van der Waals surface area contributed by atoms with Gasteiger partial charge in [0.1, 0.15) is 12.4 Å². The van der Waals surface area contributed by atoms with Crippen molar-refractivity contribution in [3.63, 3.8) is 0 Å². The second kappa shape index (κ2) is 5.15. The lowest BCUT2D eigenvalue weighted by Crippen LogP contribution is -1.96. The third kappa shape index (κ3) is 2.59. The molecule has 18 heavy (non-hydrogen) atoms. The molecule has 0 saturated carbocycles. The number of rotatable bonds is 3. The Hall–Kier alpha value is -1.28. The molecule has 1 aliphatic carbocycles. The van der Waals surface area contributed by atoms with Crippen LogP contribution in [0.3, 0.4) is 0 Å². The third-order valence-corrected chi connectivity index (χ3v) is 3.86. The van der Waals surface area contributed by atoms with Gasteiger partial charge < -0.3 is 4.74 Å². The van der Waals surface area contributed by atoms with Crippen LogP contribution in [-0.4, -0.2) is 0 Å². The minimum absolute atomic E-state index is 0.623. The lowest BCUT2D eigenvalue weighted by Gasteiger charge is -2.08. The maximum Gasteiger partial charge on any atom is 0.120 e. The number of halogens is 1. The monoisotopic (exact) mass is 302 g/mol. The normalized spacial score (nSPS) is 13.4. The summed E-state index contributed by atoms with van der Waals surface area (Å²) in [5.41, 5.74) is 4.14. The molecule has 0 aromatic heterocycles. The molecule has 0 unspecified atom stereocenters. The average molecular weight is 303 g/mol. The molecule has 1 aliphatic rings. The van der Waals surface area contributed by atoms with Gasteiger partial charge in [-0.3, -0.25) is 0 Å². The highest BCUT2D eigenvalue weighted by atomic mass is 79.9. The second-order valence-electron chi connectivity index (χ2n) is 4.70. The SMILES string of the molecule is Brc1cccc(COc2ccc3c(c2)CCC3)c1. The Bertz CT molecular complexity index is 563. The van der Waals surface area contributed by atoms with Gasteiger partial charge in [-0.2, -0.15) is 0 Å². The zero-order chi connectivity index (χ0) is 12.4. The van der Waals surface area contributed by atoms with Crippen LogP contribution < -0.4 is 4.74 Å². The molecule has 92 valence electrons. The fraction of sp³-hybridized carbons (Fsp3) is 0.250. The smallest absolute Gasteiger partial charge is 0.120 e. The Kier molecular flexibility index (Phi) is 3.37. The molecule has 2 aromatic rings. The van der Waals surface area contributed by atoms with Gasteiger partial charge in [0.15, 0.2) is 0 Å². The van der Waals surface area contributed by atoms with E-state index in [1.807, 2.05) is 12.1 Å². The molecule has 0 aliphatic heterocycles. The lowest BCUT2D eigenvalue weighted by atomic mass is 10.1. The van der Waals surface area contributed by atoms with Gasteiger partial charge in [0.25, 0.3) is 0 Å². The molecule has 1 nitrogen and oxygen atoms in total. The van der Waals surface area contributed by atoms with Crippen LogP contribution in [0.25, 0.3) is 0 Å². The molecule has 0 heterocycles. The third-order valence-electron chi connectivity index (χ3n) is 3.36. The molecule has 0 radical (unpaired) electrons. The lowest BCUT2D eigenvalue weighted by molar-refractivity contribution is 0.306. The first-order valence-corrected chi connectivity index (χ1v) is 7.09. The van der Waals surface area contributed by atoms with Crippen molar-refractivity contribution in [2.45, 2.75) is 25.9 Å². The predicted octanol–water partition coefficient (Wildman–Crippen LogP) is 4.52. The van der Waals surface area contributed by atoms with Gasteiger partial charge in [-0.15, -0.1) is 0 Å². The Labute approximate surface area is 116 Å². The van der Waals surface area contributed by atoms with Crippen LogP contribution in [0.5, 0.6) is 5.75 Å². The van der Waals surface area contributed by atoms with Gasteiger partial charge >= 0.3 is 0 Å². The van der Waals surface area contributed by atoms with E-state index in [0.29, 0.717) is 6.61 Å². The van der Waals surface area contributed by atoms with Gasteiger partial charge in [-0.1, -0.05) is 34.1 Å². The fourth-order valence-electron chi connectivity index (χ4n) is 2.43. The number of aryl methyl sites for hydroxylation is 2. The average Bonchev–Trinajstić information content (AvgIpc) is 2.84. The summed E-state index contributed by atoms with van der Waals surface area (Å²) in [4.78, 5) is 0. The first-order valence-electron chi connectivity index (χ1n) is 6.30. The topological polar surface area (TPSA) is 9.23 Å². The van der Waals surface area contributed by atoms with Crippen molar-refractivity contribution in [2.75, 3.05) is 0 Å². The van der Waals surface area contributed by atoms with Crippen LogP contribution in [0.1, 0.15) is 23.1 Å². The van der Waals surface area contributed by atoms with E-state index in [2.05, 4.69) is 46.3 Å². The maximum atomic E-state index is 5.85. The van der Waals surface area contributed by atoms with Crippen molar-refractivity contribution in [2.24, 2.45) is 0 Å². The van der Waals surface area contributed by atoms with Gasteiger partial charge in [-0.25, -0.2) is 0 Å². The summed E-state index contributed by atoms with van der Waals surface area (Å²) in [6.45, 7) is 0.623. The van der Waals surface area contributed by atoms with Crippen molar-refractivity contribution in [3.8, 4) is 5.75 Å². The van der Waals surface area contributed by atoms with Crippen LogP contribution >= 0.6 is 15.9 Å². The van der Waals surface area contributed by atoms with E-state index in [0.717, 1.165) is 10.2 Å². The minimum atomic E-state index is 0.623. The maximum absolute atomic E-state index is 5.85. The standard InChI is InChI=1S/C16H15BrO/c17-15-6-1-3-12(9-15)11-18-16-8-7-13-4-2-5-14(13)10-16/h1,3,6-10H,2,4-5,11H2. The summed E-state index contributed by atoms with van der Waals surface area (Å²) in [6, 6.07) is 14.7. The summed E-state index contributed by atoms with van der Waals surface area (Å²) >= 11 is 3.47. The van der Waals surface area contributed by atoms with Crippen LogP contribution in [0.2, 0.25) is 0 Å². The second-order valence-corrected chi connectivity index (χ2v) is 5.62. The quantitative estimate of drug-likeness (QED) is 0.810. The molecule has 0 N–H and O–H groups in total. The summed E-state index contributed by atoms with van der Waals surface area (Å²) in [5, 5.41) is 0. The van der Waals surface area contributed by atoms with Crippen molar-refractivity contribution in [3.05, 3.63) is 63.6 Å². The van der Waals surface area contributed by atoms with Crippen LogP contribution in [0, 0.1) is 0 Å². The van der Waals surface area contributed by atoms with Gasteiger partial charge in [0.05, 0.1) is 0 Å². The summed E-state index contributed by atoms with van der Waals surface area (Å²) < 4.78 is 6.95. The van der Waals surface area contributed by atoms with Gasteiger partial charge in [0, 0.05) is 4.47 Å². The van der Waals surface area contributed by atoms with Crippen LogP contribution in [0.15, 0.2) is 46.9 Å². The Balaban J connectivity index is 1.70. The number of fused-ring (bicyclic) bond motifs is 1. The molecule has 2 heteroatoms. The van der Waals surface area contributed by atoms with Crippen LogP contribution in [0.4, 0.5) is 0 Å². The van der Waals surface area contributed by atoms with Crippen LogP contribution in [-0.2, 0) is 19.4 Å². The molecule has 2 aromatic carbocycles. The highest BCUT2D eigenvalue weighted by Crippen LogP contribution is 2.26. The molecule has 0 fully saturated rings. The van der Waals surface area contributed by atoms with Crippen molar-refractivity contribution >= 4 is 15.9 Å². The van der Waals surface area contributed by atoms with E-state index in [1.165, 1.54) is 36.0 Å². The molecule has 0 bridgehead atoms. The molecule has 3 rings (SSSR count). The predicted molar refractivity (Wildman–Crippen MR) is 76.9 cm³/mol. The van der Waals surface area contributed by atoms with E-state index < -0.39 is 0 Å². The Morgan fingerprint density at radius 3 is 2.78 bits per heavy atom. The Morgan fingerprint density at radius 1 is 1.00 bits per heavy atom. The largest absolute Gasteiger partial charge is 0.489 e. The molecule has 0 spiro atoms. The van der Waals surface area contributed by atoms with Gasteiger partial charge in [-0.05, 0) is 60.2 Å². The number of hydrogen-bond acceptors (Lipinski definition) is 1. The zero-order valence-corrected chi connectivity index (χ0v) is 11.7. The highest BCUT2D eigenvalue weighted by molar-refractivity contribution is 9.10. The van der Waals surface area contributed by atoms with Crippen molar-refractivity contribution < 1.29 is 4.74 Å². The fourth-order valence-corrected chi connectivity index (χ4v) is 2.88. The van der Waals surface area contributed by atoms with E-state index in [-0.39, 0.29) is 0 Å². The first kappa shape index (κ1) is 11.8. The zero-order valence-electron chi connectivity index (χ0n) is 10.2. The minimum Gasteiger partial charge on any atom is -0.489 e. The van der Waals surface area contributed by atoms with E-state index in [1.54, 1.807) is 0 Å². The molecular weight excluding hydrogens is 288 g/mol. The number of benzene rings is 2. The molecular formula is C16H15BrO. The van der Waals surface area contributed by atoms with E-state index in [4.69, 9.17) is 4.74 Å². The number of ether oxygens (including phenoxy) is 1. The summed E-state index contributed by atoms with van der Waals surface area (Å²) in [6.07, 6.45) is 3.70. The van der Waals surface area contributed by atoms with E-state index >= 15 is 0 Å². The van der Waals surface area contributed by atoms with Crippen molar-refractivity contribution in [1.29, 1.82) is 0 Å². The van der Waals surface area contributed by atoms with Gasteiger partial charge in [0.2, 0.25) is 0 Å². The molecule has 0 saturated heterocycles. The number of hydrogen-bond donors (Lipinski definition) is 0. The van der Waals surface area contributed by atoms with E-state index in [9.17, 15) is 0 Å².